The van der Waals surface area contributed by atoms with Crippen molar-refractivity contribution in [2.45, 2.75) is 68.4 Å². The zero-order valence-electron chi connectivity index (χ0n) is 28.9. The highest BCUT2D eigenvalue weighted by Crippen LogP contribution is 2.45. The minimum atomic E-state index is -4.33. The molecule has 0 radical (unpaired) electrons. The normalized spacial score (nSPS) is 13.8. The fourth-order valence-corrected chi connectivity index (χ4v) is 11.2. The Morgan fingerprint density at radius 2 is 1.22 bits per heavy atom. The van der Waals surface area contributed by atoms with E-state index in [0.717, 1.165) is 107 Å². The number of aryl methyl sites for hydroxylation is 2. The molecule has 0 amide bonds. The molecule has 1 N–H and O–H groups in total. The Labute approximate surface area is 342 Å². The van der Waals surface area contributed by atoms with Gasteiger partial charge in [-0.15, -0.1) is 22.7 Å². The standard InChI is InChI=1S/C40H34Cl4N4O3S3/c41-26-13-17-34(30(43)22-26)47-37-28(15-11-24-19-20-52-39(24)37)32(45-47)9-7-5-3-1-2-4-6-8-10-33-29-16-12-25-21-36(54(49,50)51)53-40(25)38(29)48(46-33)35-18-14-27(42)23-31(35)44/h7-10,13-14,17-23H,1-6,11-12,15-16H2,(H,49,50,51)/b9-7+,10-8+. The van der Waals surface area contributed by atoms with E-state index in [1.807, 2.05) is 22.9 Å². The summed E-state index contributed by atoms with van der Waals surface area (Å²) in [5, 5.41) is 14.3. The van der Waals surface area contributed by atoms with E-state index in [9.17, 15) is 13.0 Å². The fraction of sp³-hybridized carbons (Fsp3) is 0.250. The highest BCUT2D eigenvalue weighted by Gasteiger charge is 2.30. The number of thiophene rings is 2. The summed E-state index contributed by atoms with van der Waals surface area (Å²) in [5.74, 6) is 0. The van der Waals surface area contributed by atoms with Crippen LogP contribution in [0.5, 0.6) is 0 Å². The van der Waals surface area contributed by atoms with Gasteiger partial charge in [-0.3, -0.25) is 4.55 Å². The van der Waals surface area contributed by atoms with Crippen LogP contribution in [0, 0.1) is 0 Å². The lowest BCUT2D eigenvalue weighted by Crippen LogP contribution is -2.05. The molecule has 14 heteroatoms. The predicted octanol–water partition coefficient (Wildman–Crippen LogP) is 12.6. The number of allylic oxidation sites excluding steroid dienone is 2. The maximum Gasteiger partial charge on any atom is 0.304 e. The van der Waals surface area contributed by atoms with Crippen LogP contribution >= 0.6 is 69.1 Å². The van der Waals surface area contributed by atoms with E-state index >= 15 is 0 Å². The van der Waals surface area contributed by atoms with E-state index in [-0.39, 0.29) is 4.21 Å². The fourth-order valence-electron chi connectivity index (χ4n) is 7.26. The second kappa shape index (κ2) is 15.7. The summed E-state index contributed by atoms with van der Waals surface area (Å²) < 4.78 is 37.4. The van der Waals surface area contributed by atoms with Crippen LogP contribution in [0.4, 0.5) is 0 Å². The molecule has 2 aliphatic rings. The van der Waals surface area contributed by atoms with Gasteiger partial charge < -0.3 is 0 Å². The number of rotatable bonds is 12. The Balaban J connectivity index is 0.906. The van der Waals surface area contributed by atoms with Crippen LogP contribution in [0.25, 0.3) is 44.7 Å². The summed E-state index contributed by atoms with van der Waals surface area (Å²) in [6, 6.07) is 14.5. The molecule has 0 bridgehead atoms. The molecule has 4 heterocycles. The molecule has 4 aromatic heterocycles. The molecule has 0 unspecified atom stereocenters. The Hall–Kier alpha value is -3.19. The molecule has 0 fully saturated rings. The summed E-state index contributed by atoms with van der Waals surface area (Å²) in [7, 11) is -4.33. The third kappa shape index (κ3) is 7.52. The number of nitrogens with zero attached hydrogens (tertiary/aromatic N) is 4. The topological polar surface area (TPSA) is 90.0 Å². The summed E-state index contributed by atoms with van der Waals surface area (Å²) in [6.07, 6.45) is 18.2. The van der Waals surface area contributed by atoms with Gasteiger partial charge in [0.25, 0.3) is 0 Å². The smallest absolute Gasteiger partial charge is 0.281 e. The number of halogens is 4. The van der Waals surface area contributed by atoms with Crippen molar-refractivity contribution < 1.29 is 13.0 Å². The number of unbranched alkanes of at least 4 members (excludes halogenated alkanes) is 5. The lowest BCUT2D eigenvalue weighted by atomic mass is 9.94. The van der Waals surface area contributed by atoms with Crippen molar-refractivity contribution in [3.05, 3.63) is 120 Å². The average molecular weight is 857 g/mol. The molecule has 54 heavy (non-hydrogen) atoms. The largest absolute Gasteiger partial charge is 0.304 e. The second-order valence-electron chi connectivity index (χ2n) is 13.4. The highest BCUT2D eigenvalue weighted by molar-refractivity contribution is 7.88. The van der Waals surface area contributed by atoms with Crippen molar-refractivity contribution in [1.82, 2.24) is 19.6 Å². The number of benzene rings is 2. The van der Waals surface area contributed by atoms with E-state index in [1.54, 1.807) is 40.3 Å². The molecule has 8 rings (SSSR count). The van der Waals surface area contributed by atoms with Gasteiger partial charge in [0, 0.05) is 21.2 Å². The maximum absolute atomic E-state index is 12.0. The molecule has 6 aromatic rings. The van der Waals surface area contributed by atoms with Crippen molar-refractivity contribution in [2.75, 3.05) is 0 Å². The third-order valence-electron chi connectivity index (χ3n) is 9.85. The minimum Gasteiger partial charge on any atom is -0.281 e. The van der Waals surface area contributed by atoms with E-state index in [4.69, 9.17) is 56.6 Å². The Morgan fingerprint density at radius 3 is 1.76 bits per heavy atom. The lowest BCUT2D eigenvalue weighted by molar-refractivity contribution is 0.485. The van der Waals surface area contributed by atoms with Crippen LogP contribution in [0.15, 0.2) is 70.3 Å². The molecular formula is C40H34Cl4N4O3S3. The first kappa shape index (κ1) is 37.7. The summed E-state index contributed by atoms with van der Waals surface area (Å²) in [4.78, 5) is 2.03. The van der Waals surface area contributed by atoms with Gasteiger partial charge in [-0.1, -0.05) is 71.4 Å². The Bertz CT molecular complexity index is 2560. The molecule has 7 nitrogen and oxygen atoms in total. The minimum absolute atomic E-state index is 0.0747. The van der Waals surface area contributed by atoms with Gasteiger partial charge in [-0.05, 0) is 129 Å². The van der Waals surface area contributed by atoms with Crippen LogP contribution in [0.3, 0.4) is 0 Å². The highest BCUT2D eigenvalue weighted by atomic mass is 35.5. The van der Waals surface area contributed by atoms with E-state index in [0.29, 0.717) is 38.6 Å². The van der Waals surface area contributed by atoms with Gasteiger partial charge >= 0.3 is 10.1 Å². The van der Waals surface area contributed by atoms with Crippen molar-refractivity contribution in [2.24, 2.45) is 0 Å². The summed E-state index contributed by atoms with van der Waals surface area (Å²) in [5.41, 5.74) is 9.74. The number of hydrogen-bond acceptors (Lipinski definition) is 6. The molecule has 0 saturated heterocycles. The first-order chi connectivity index (χ1) is 26.1. The lowest BCUT2D eigenvalue weighted by Gasteiger charge is -2.15. The summed E-state index contributed by atoms with van der Waals surface area (Å²) in [6.45, 7) is 0. The van der Waals surface area contributed by atoms with Gasteiger partial charge in [-0.25, -0.2) is 9.36 Å². The van der Waals surface area contributed by atoms with Gasteiger partial charge in [0.1, 0.15) is 4.21 Å². The Morgan fingerprint density at radius 1 is 0.685 bits per heavy atom. The van der Waals surface area contributed by atoms with Crippen LogP contribution in [-0.2, 0) is 35.8 Å². The number of hydrogen-bond donors (Lipinski definition) is 1. The van der Waals surface area contributed by atoms with Crippen LogP contribution < -0.4 is 0 Å². The third-order valence-corrected chi connectivity index (χ3v) is 14.4. The van der Waals surface area contributed by atoms with Crippen molar-refractivity contribution in [3.8, 4) is 32.5 Å². The monoisotopic (exact) mass is 854 g/mol. The second-order valence-corrected chi connectivity index (χ2v) is 18.7. The molecule has 2 aliphatic carbocycles. The van der Waals surface area contributed by atoms with Crippen LogP contribution in [0.2, 0.25) is 20.1 Å². The molecule has 0 aliphatic heterocycles. The van der Waals surface area contributed by atoms with Gasteiger partial charge in [0.05, 0.1) is 54.0 Å². The van der Waals surface area contributed by atoms with E-state index in [2.05, 4.69) is 35.8 Å². The quantitative estimate of drug-likeness (QED) is 0.0978. The molecule has 0 spiro atoms. The van der Waals surface area contributed by atoms with Crippen molar-refractivity contribution in [3.63, 3.8) is 0 Å². The van der Waals surface area contributed by atoms with E-state index < -0.39 is 10.1 Å². The number of fused-ring (bicyclic) bond motifs is 6. The number of aromatic nitrogens is 4. The zero-order valence-corrected chi connectivity index (χ0v) is 34.3. The molecule has 0 atom stereocenters. The molecule has 0 saturated carbocycles. The Kier molecular flexibility index (Phi) is 11.0. The van der Waals surface area contributed by atoms with Crippen molar-refractivity contribution in [1.29, 1.82) is 0 Å². The molecule has 278 valence electrons. The summed E-state index contributed by atoms with van der Waals surface area (Å²) >= 11 is 28.5. The molecule has 2 aromatic carbocycles. The maximum atomic E-state index is 12.0. The van der Waals surface area contributed by atoms with Gasteiger partial charge in [-0.2, -0.15) is 18.6 Å². The zero-order chi connectivity index (χ0) is 37.6. The van der Waals surface area contributed by atoms with Gasteiger partial charge in [0.15, 0.2) is 0 Å². The van der Waals surface area contributed by atoms with Crippen LogP contribution in [0.1, 0.15) is 72.2 Å². The average Bonchev–Trinajstić information content (AvgIpc) is 3.93. The van der Waals surface area contributed by atoms with Crippen LogP contribution in [-0.4, -0.2) is 32.5 Å². The van der Waals surface area contributed by atoms with Gasteiger partial charge in [0.2, 0.25) is 0 Å². The SMILES string of the molecule is O=S(=O)(O)c1cc2c(s1)-c1c(c(/C=C/CCCCCC/C=C/c3nn(-c4ccc(Cl)cc4Cl)c4c3CCc3ccsc3-4)nn1-c1ccc(Cl)cc1Cl)CC2. The first-order valence-electron chi connectivity index (χ1n) is 17.7. The first-order valence-corrected chi connectivity index (χ1v) is 22.4. The molecular weight excluding hydrogens is 822 g/mol. The van der Waals surface area contributed by atoms with E-state index in [1.165, 1.54) is 16.0 Å². The predicted molar refractivity (Wildman–Crippen MR) is 224 cm³/mol. The van der Waals surface area contributed by atoms with Crippen molar-refractivity contribution >= 4 is 91.3 Å².